The Bertz CT molecular complexity index is 595. The second-order valence-electron chi connectivity index (χ2n) is 6.55. The highest BCUT2D eigenvalue weighted by Crippen LogP contribution is 2.48. The minimum absolute atomic E-state index is 0.0257. The molecular formula is C17H21F2NO3. The fraction of sp³-hybridized carbons (Fsp3) is 0.588. The molecule has 2 fully saturated rings. The SMILES string of the molecule is CC(Oc1ccc(F)c(F)c1)C(=O)NC1C2CCC(C2)C1CO. The van der Waals surface area contributed by atoms with E-state index in [1.165, 1.54) is 6.07 Å². The summed E-state index contributed by atoms with van der Waals surface area (Å²) in [5.74, 6) is -1.16. The largest absolute Gasteiger partial charge is 0.481 e. The minimum atomic E-state index is -1.01. The highest BCUT2D eigenvalue weighted by Gasteiger charge is 2.48. The monoisotopic (exact) mass is 325 g/mol. The molecule has 5 atom stereocenters. The lowest BCUT2D eigenvalue weighted by molar-refractivity contribution is -0.128. The van der Waals surface area contributed by atoms with Crippen molar-refractivity contribution in [3.05, 3.63) is 29.8 Å². The van der Waals surface area contributed by atoms with Crippen molar-refractivity contribution in [2.24, 2.45) is 17.8 Å². The van der Waals surface area contributed by atoms with E-state index in [1.807, 2.05) is 0 Å². The third kappa shape index (κ3) is 3.17. The third-order valence-corrected chi connectivity index (χ3v) is 5.18. The Morgan fingerprint density at radius 3 is 2.78 bits per heavy atom. The quantitative estimate of drug-likeness (QED) is 0.873. The molecule has 5 unspecified atom stereocenters. The molecule has 2 bridgehead atoms. The number of ether oxygens (including phenoxy) is 1. The van der Waals surface area contributed by atoms with Gasteiger partial charge in [0.2, 0.25) is 0 Å². The lowest BCUT2D eigenvalue weighted by Crippen LogP contribution is -2.49. The number of rotatable bonds is 5. The summed E-state index contributed by atoms with van der Waals surface area (Å²) in [5.41, 5.74) is 0. The number of aliphatic hydroxyl groups is 1. The topological polar surface area (TPSA) is 58.6 Å². The summed E-state index contributed by atoms with van der Waals surface area (Å²) < 4.78 is 31.5. The van der Waals surface area contributed by atoms with E-state index in [4.69, 9.17) is 4.74 Å². The average Bonchev–Trinajstić information content (AvgIpc) is 3.12. The van der Waals surface area contributed by atoms with Crippen LogP contribution in [0.15, 0.2) is 18.2 Å². The molecule has 0 saturated heterocycles. The molecule has 1 aromatic carbocycles. The number of aliphatic hydroxyl groups excluding tert-OH is 1. The first-order valence-electron chi connectivity index (χ1n) is 8.02. The van der Waals surface area contributed by atoms with Crippen molar-refractivity contribution in [3.63, 3.8) is 0 Å². The van der Waals surface area contributed by atoms with Crippen molar-refractivity contribution in [1.82, 2.24) is 5.32 Å². The Kier molecular flexibility index (Phi) is 4.53. The molecular weight excluding hydrogens is 304 g/mol. The summed E-state index contributed by atoms with van der Waals surface area (Å²) in [6.45, 7) is 1.64. The maximum Gasteiger partial charge on any atom is 0.261 e. The van der Waals surface area contributed by atoms with Crippen molar-refractivity contribution in [1.29, 1.82) is 0 Å². The van der Waals surface area contributed by atoms with Gasteiger partial charge in [0.25, 0.3) is 5.91 Å². The molecule has 0 radical (unpaired) electrons. The molecule has 126 valence electrons. The number of halogens is 2. The van der Waals surface area contributed by atoms with Crippen molar-refractivity contribution in [2.45, 2.75) is 38.3 Å². The van der Waals surface area contributed by atoms with Gasteiger partial charge < -0.3 is 15.2 Å². The second-order valence-corrected chi connectivity index (χ2v) is 6.55. The molecule has 1 aromatic rings. The summed E-state index contributed by atoms with van der Waals surface area (Å²) in [6.07, 6.45) is 2.42. The van der Waals surface area contributed by atoms with Gasteiger partial charge in [0.05, 0.1) is 0 Å². The van der Waals surface area contributed by atoms with E-state index < -0.39 is 17.7 Å². The summed E-state index contributed by atoms with van der Waals surface area (Å²) in [4.78, 5) is 12.3. The van der Waals surface area contributed by atoms with E-state index in [-0.39, 0.29) is 30.2 Å². The Balaban J connectivity index is 1.60. The van der Waals surface area contributed by atoms with Gasteiger partial charge >= 0.3 is 0 Å². The molecule has 6 heteroatoms. The predicted molar refractivity (Wildman–Crippen MR) is 79.8 cm³/mol. The van der Waals surface area contributed by atoms with Crippen LogP contribution in [-0.2, 0) is 4.79 Å². The molecule has 0 heterocycles. The van der Waals surface area contributed by atoms with Gasteiger partial charge in [-0.1, -0.05) is 0 Å². The van der Waals surface area contributed by atoms with Crippen LogP contribution >= 0.6 is 0 Å². The summed E-state index contributed by atoms with van der Waals surface area (Å²) in [7, 11) is 0. The van der Waals surface area contributed by atoms with E-state index >= 15 is 0 Å². The van der Waals surface area contributed by atoms with Crippen molar-refractivity contribution >= 4 is 5.91 Å². The molecule has 0 aromatic heterocycles. The number of nitrogens with one attached hydrogen (secondary N) is 1. The van der Waals surface area contributed by atoms with Crippen molar-refractivity contribution < 1.29 is 23.4 Å². The van der Waals surface area contributed by atoms with Crippen molar-refractivity contribution in [3.8, 4) is 5.75 Å². The molecule has 23 heavy (non-hydrogen) atoms. The van der Waals surface area contributed by atoms with E-state index in [2.05, 4.69) is 5.32 Å². The Labute approximate surface area is 133 Å². The van der Waals surface area contributed by atoms with Gasteiger partial charge in [0.1, 0.15) is 5.75 Å². The number of benzene rings is 1. The van der Waals surface area contributed by atoms with Crippen molar-refractivity contribution in [2.75, 3.05) is 6.61 Å². The standard InChI is InChI=1S/C17H21F2NO3/c1-9(23-12-4-5-14(18)15(19)7-12)17(22)20-16-11-3-2-10(6-11)13(16)8-21/h4-5,7,9-11,13,16,21H,2-3,6,8H2,1H3,(H,20,22). The number of carbonyl (C=O) groups is 1. The lowest BCUT2D eigenvalue weighted by atomic mass is 9.85. The van der Waals surface area contributed by atoms with Gasteiger partial charge in [-0.25, -0.2) is 8.78 Å². The van der Waals surface area contributed by atoms with Crippen LogP contribution in [0, 0.1) is 29.4 Å². The van der Waals surface area contributed by atoms with E-state index in [0.29, 0.717) is 11.8 Å². The molecule has 1 amide bonds. The van der Waals surface area contributed by atoms with Crippen LogP contribution in [0.1, 0.15) is 26.2 Å². The number of fused-ring (bicyclic) bond motifs is 2. The smallest absolute Gasteiger partial charge is 0.261 e. The van der Waals surface area contributed by atoms with Crippen LogP contribution in [0.25, 0.3) is 0 Å². The van der Waals surface area contributed by atoms with Gasteiger partial charge in [-0.2, -0.15) is 0 Å². The van der Waals surface area contributed by atoms with Gasteiger partial charge in [0, 0.05) is 24.6 Å². The number of amides is 1. The Morgan fingerprint density at radius 2 is 2.09 bits per heavy atom. The number of hydrogen-bond donors (Lipinski definition) is 2. The van der Waals surface area contributed by atoms with Crippen LogP contribution in [0.5, 0.6) is 5.75 Å². The molecule has 2 aliphatic carbocycles. The van der Waals surface area contributed by atoms with Gasteiger partial charge in [0.15, 0.2) is 17.7 Å². The van der Waals surface area contributed by atoms with Crippen LogP contribution in [0.4, 0.5) is 8.78 Å². The van der Waals surface area contributed by atoms with Gasteiger partial charge in [-0.15, -0.1) is 0 Å². The first-order chi connectivity index (χ1) is 11.0. The molecule has 3 rings (SSSR count). The molecule has 2 N–H and O–H groups in total. The molecule has 2 aliphatic rings. The van der Waals surface area contributed by atoms with Gasteiger partial charge in [-0.05, 0) is 50.2 Å². The lowest BCUT2D eigenvalue weighted by Gasteiger charge is -2.31. The summed E-state index contributed by atoms with van der Waals surface area (Å²) >= 11 is 0. The zero-order chi connectivity index (χ0) is 16.6. The average molecular weight is 325 g/mol. The minimum Gasteiger partial charge on any atom is -0.481 e. The summed E-state index contributed by atoms with van der Waals surface area (Å²) in [6, 6.07) is 3.15. The molecule has 2 saturated carbocycles. The maximum absolute atomic E-state index is 13.2. The number of carbonyl (C=O) groups excluding carboxylic acids is 1. The predicted octanol–water partition coefficient (Wildman–Crippen LogP) is 2.26. The molecule has 0 spiro atoms. The summed E-state index contributed by atoms with van der Waals surface area (Å²) in [5, 5.41) is 12.5. The normalized spacial score (nSPS) is 30.3. The first-order valence-corrected chi connectivity index (χ1v) is 8.02. The number of hydrogen-bond acceptors (Lipinski definition) is 3. The second kappa shape index (κ2) is 6.43. The van der Waals surface area contributed by atoms with Crippen LogP contribution in [0.3, 0.4) is 0 Å². The van der Waals surface area contributed by atoms with E-state index in [1.54, 1.807) is 6.92 Å². The van der Waals surface area contributed by atoms with Crippen LogP contribution in [0.2, 0.25) is 0 Å². The van der Waals surface area contributed by atoms with Gasteiger partial charge in [-0.3, -0.25) is 4.79 Å². The Morgan fingerprint density at radius 1 is 1.35 bits per heavy atom. The zero-order valence-electron chi connectivity index (χ0n) is 13.0. The fourth-order valence-electron chi connectivity index (χ4n) is 3.99. The van der Waals surface area contributed by atoms with E-state index in [9.17, 15) is 18.7 Å². The highest BCUT2D eigenvalue weighted by molar-refractivity contribution is 5.81. The van der Waals surface area contributed by atoms with E-state index in [0.717, 1.165) is 31.4 Å². The maximum atomic E-state index is 13.2. The molecule has 4 nitrogen and oxygen atoms in total. The van der Waals surface area contributed by atoms with Crippen LogP contribution in [-0.4, -0.2) is 29.8 Å². The first kappa shape index (κ1) is 16.2. The molecule has 0 aliphatic heterocycles. The third-order valence-electron chi connectivity index (χ3n) is 5.18. The Hall–Kier alpha value is -1.69. The van der Waals surface area contributed by atoms with Crippen LogP contribution < -0.4 is 10.1 Å². The zero-order valence-corrected chi connectivity index (χ0v) is 13.0. The fourth-order valence-corrected chi connectivity index (χ4v) is 3.99. The highest BCUT2D eigenvalue weighted by atomic mass is 19.2.